The van der Waals surface area contributed by atoms with Gasteiger partial charge < -0.3 is 30.7 Å². The van der Waals surface area contributed by atoms with Gasteiger partial charge in [0.05, 0.1) is 19.3 Å². The average Bonchev–Trinajstić information content (AvgIpc) is 2.85. The van der Waals surface area contributed by atoms with Crippen LogP contribution in [0.5, 0.6) is 5.75 Å². The van der Waals surface area contributed by atoms with Crippen molar-refractivity contribution < 1.29 is 19.1 Å². The van der Waals surface area contributed by atoms with Crippen LogP contribution in [0.15, 0.2) is 30.5 Å². The first-order chi connectivity index (χ1) is 16.5. The van der Waals surface area contributed by atoms with Crippen molar-refractivity contribution in [2.24, 2.45) is 5.73 Å². The minimum atomic E-state index is -0.883. The van der Waals surface area contributed by atoms with E-state index in [1.54, 1.807) is 7.11 Å². The Kier molecular flexibility index (Phi) is 9.53. The zero-order valence-electron chi connectivity index (χ0n) is 19.1. The molecule has 3 rings (SSSR count). The van der Waals surface area contributed by atoms with E-state index < -0.39 is 6.09 Å². The van der Waals surface area contributed by atoms with Crippen molar-refractivity contribution in [2.75, 3.05) is 69.7 Å². The lowest BCUT2D eigenvalue weighted by Gasteiger charge is -2.36. The summed E-state index contributed by atoms with van der Waals surface area (Å²) >= 11 is 6.17. The number of piperazine rings is 1. The zero-order valence-corrected chi connectivity index (χ0v) is 19.9. The number of carbonyl (C=O) groups excluding carboxylic acids is 2. The number of methoxy groups -OCH3 is 1. The normalized spacial score (nSPS) is 13.9. The summed E-state index contributed by atoms with van der Waals surface area (Å²) in [6, 6.07) is 7.20. The highest BCUT2D eigenvalue weighted by Gasteiger charge is 2.19. The monoisotopic (exact) mass is 491 g/mol. The van der Waals surface area contributed by atoms with E-state index in [1.165, 1.54) is 12.3 Å². The van der Waals surface area contributed by atoms with E-state index >= 15 is 0 Å². The Morgan fingerprint density at radius 2 is 1.97 bits per heavy atom. The third-order valence-electron chi connectivity index (χ3n) is 5.31. The second kappa shape index (κ2) is 12.8. The molecule has 1 fully saturated rings. The Balaban J connectivity index is 1.37. The molecule has 0 radical (unpaired) electrons. The Labute approximate surface area is 203 Å². The molecule has 1 aromatic carbocycles. The molecule has 0 unspecified atom stereocenters. The molecule has 12 heteroatoms. The molecule has 2 amide bonds. The number of carbonyl (C=O) groups is 2. The van der Waals surface area contributed by atoms with Crippen molar-refractivity contribution in [1.29, 1.82) is 0 Å². The van der Waals surface area contributed by atoms with E-state index in [1.807, 2.05) is 18.2 Å². The molecule has 4 N–H and O–H groups in total. The number of halogens is 1. The number of nitrogens with one attached hydrogen (secondary N) is 2. The highest BCUT2D eigenvalue weighted by molar-refractivity contribution is 6.30. The van der Waals surface area contributed by atoms with Crippen molar-refractivity contribution in [3.63, 3.8) is 0 Å². The fourth-order valence-electron chi connectivity index (χ4n) is 3.60. The summed E-state index contributed by atoms with van der Waals surface area (Å²) in [6.07, 6.45) is 1.55. The van der Waals surface area contributed by atoms with E-state index in [9.17, 15) is 9.59 Å². The van der Waals surface area contributed by atoms with Crippen molar-refractivity contribution in [1.82, 2.24) is 20.2 Å². The van der Waals surface area contributed by atoms with E-state index in [2.05, 4.69) is 35.1 Å². The molecule has 1 aliphatic heterocycles. The van der Waals surface area contributed by atoms with Crippen LogP contribution in [0.25, 0.3) is 0 Å². The van der Waals surface area contributed by atoms with Crippen molar-refractivity contribution in [3.8, 4) is 5.75 Å². The molecule has 184 valence electrons. The van der Waals surface area contributed by atoms with Gasteiger partial charge in [-0.3, -0.25) is 9.69 Å². The molecule has 2 heterocycles. The molecule has 0 spiro atoms. The molecule has 1 saturated heterocycles. The van der Waals surface area contributed by atoms with Crippen LogP contribution in [-0.2, 0) is 4.74 Å². The number of ether oxygens (including phenoxy) is 2. The Hall–Kier alpha value is -3.31. The van der Waals surface area contributed by atoms with Crippen molar-refractivity contribution in [3.05, 3.63) is 41.2 Å². The first-order valence-electron chi connectivity index (χ1n) is 11.0. The molecule has 34 heavy (non-hydrogen) atoms. The number of anilines is 2. The largest absolute Gasteiger partial charge is 0.495 e. The molecular formula is C22H30ClN7O4. The van der Waals surface area contributed by atoms with Crippen LogP contribution >= 0.6 is 11.6 Å². The molecule has 0 aliphatic carbocycles. The smallest absolute Gasteiger partial charge is 0.404 e. The predicted molar refractivity (Wildman–Crippen MR) is 130 cm³/mol. The Morgan fingerprint density at radius 1 is 1.18 bits per heavy atom. The van der Waals surface area contributed by atoms with Gasteiger partial charge in [-0.25, -0.2) is 14.8 Å². The van der Waals surface area contributed by atoms with Crippen LogP contribution in [0, 0.1) is 0 Å². The summed E-state index contributed by atoms with van der Waals surface area (Å²) < 4.78 is 10.0. The van der Waals surface area contributed by atoms with E-state index in [-0.39, 0.29) is 24.8 Å². The van der Waals surface area contributed by atoms with Gasteiger partial charge in [0.15, 0.2) is 0 Å². The van der Waals surface area contributed by atoms with Gasteiger partial charge in [0, 0.05) is 43.9 Å². The highest BCUT2D eigenvalue weighted by Crippen LogP contribution is 2.31. The molecule has 0 atom stereocenters. The third kappa shape index (κ3) is 7.63. The fourth-order valence-corrected chi connectivity index (χ4v) is 3.77. The van der Waals surface area contributed by atoms with Crippen LogP contribution < -0.4 is 26.0 Å². The number of benzene rings is 1. The number of hydrogen-bond donors (Lipinski definition) is 3. The molecule has 11 nitrogen and oxygen atoms in total. The van der Waals surface area contributed by atoms with E-state index in [0.29, 0.717) is 17.5 Å². The summed E-state index contributed by atoms with van der Waals surface area (Å²) in [6.45, 7) is 5.45. The fraction of sp³-hybridized carbons (Fsp3) is 0.455. The van der Waals surface area contributed by atoms with Gasteiger partial charge in [0.1, 0.15) is 18.1 Å². The van der Waals surface area contributed by atoms with Gasteiger partial charge in [-0.05, 0) is 37.2 Å². The third-order valence-corrected chi connectivity index (χ3v) is 5.54. The lowest BCUT2D eigenvalue weighted by molar-refractivity contribution is 0.0932. The molecule has 1 aliphatic rings. The first kappa shape index (κ1) is 25.3. The van der Waals surface area contributed by atoms with Crippen LogP contribution in [0.2, 0.25) is 5.02 Å². The van der Waals surface area contributed by atoms with Gasteiger partial charge in [-0.2, -0.15) is 0 Å². The molecule has 0 bridgehead atoms. The minimum Gasteiger partial charge on any atom is -0.495 e. The number of aromatic nitrogens is 2. The zero-order chi connectivity index (χ0) is 24.3. The number of amides is 2. The summed E-state index contributed by atoms with van der Waals surface area (Å²) in [5.74, 6) is 0.837. The Morgan fingerprint density at radius 3 is 2.71 bits per heavy atom. The predicted octanol–water partition coefficient (Wildman–Crippen LogP) is 1.59. The topological polar surface area (TPSA) is 135 Å². The second-order valence-corrected chi connectivity index (χ2v) is 8.05. The van der Waals surface area contributed by atoms with Crippen LogP contribution in [0.3, 0.4) is 0 Å². The summed E-state index contributed by atoms with van der Waals surface area (Å²) in [5.41, 5.74) is 6.13. The van der Waals surface area contributed by atoms with Gasteiger partial charge in [0.2, 0.25) is 5.95 Å². The summed E-state index contributed by atoms with van der Waals surface area (Å²) in [5, 5.41) is 6.46. The maximum absolute atomic E-state index is 12.1. The van der Waals surface area contributed by atoms with Crippen molar-refractivity contribution >= 4 is 35.2 Å². The highest BCUT2D eigenvalue weighted by atomic mass is 35.5. The first-order valence-corrected chi connectivity index (χ1v) is 11.4. The van der Waals surface area contributed by atoms with Gasteiger partial charge in [-0.1, -0.05) is 11.6 Å². The van der Waals surface area contributed by atoms with Gasteiger partial charge in [-0.15, -0.1) is 0 Å². The standard InChI is InChI=1S/C22H30ClN7O4/c1-33-19-4-3-16(23)15-18(19)30-12-10-29(11-13-30)9-2-6-26-22-27-7-5-17(28-22)20(31)25-8-14-34-21(24)32/h3-5,7,15H,2,6,8-14H2,1H3,(H2,24,32)(H,25,31)(H,26,27,28). The van der Waals surface area contributed by atoms with Crippen LogP contribution in [0.1, 0.15) is 16.9 Å². The van der Waals surface area contributed by atoms with Gasteiger partial charge >= 0.3 is 6.09 Å². The van der Waals surface area contributed by atoms with E-state index in [0.717, 1.165) is 50.6 Å². The number of primary amides is 1. The van der Waals surface area contributed by atoms with Crippen molar-refractivity contribution in [2.45, 2.75) is 6.42 Å². The van der Waals surface area contributed by atoms with Crippen LogP contribution in [0.4, 0.5) is 16.4 Å². The summed E-state index contributed by atoms with van der Waals surface area (Å²) in [4.78, 5) is 35.8. The molecule has 0 saturated carbocycles. The van der Waals surface area contributed by atoms with Crippen LogP contribution in [-0.4, -0.2) is 86.4 Å². The number of nitrogens with two attached hydrogens (primary N) is 1. The minimum absolute atomic E-state index is 0.00182. The molecule has 1 aromatic heterocycles. The van der Waals surface area contributed by atoms with E-state index in [4.69, 9.17) is 22.1 Å². The number of rotatable bonds is 11. The lowest BCUT2D eigenvalue weighted by atomic mass is 10.2. The average molecular weight is 492 g/mol. The number of hydrogen-bond acceptors (Lipinski definition) is 9. The maximum Gasteiger partial charge on any atom is 0.404 e. The Bertz CT molecular complexity index is 970. The number of nitrogens with zero attached hydrogens (tertiary/aromatic N) is 4. The second-order valence-electron chi connectivity index (χ2n) is 7.61. The maximum atomic E-state index is 12.1. The lowest BCUT2D eigenvalue weighted by Crippen LogP contribution is -2.47. The summed E-state index contributed by atoms with van der Waals surface area (Å²) in [7, 11) is 1.67. The molecular weight excluding hydrogens is 462 g/mol. The SMILES string of the molecule is COc1ccc(Cl)cc1N1CCN(CCCNc2nccc(C(=O)NCCOC(N)=O)n2)CC1. The quantitative estimate of drug-likeness (QED) is 0.400. The molecule has 2 aromatic rings. The van der Waals surface area contributed by atoms with Gasteiger partial charge in [0.25, 0.3) is 5.91 Å².